The maximum atomic E-state index is 13.3. The lowest BCUT2D eigenvalue weighted by Gasteiger charge is -2.23. The third-order valence-corrected chi connectivity index (χ3v) is 5.98. The zero-order valence-electron chi connectivity index (χ0n) is 19.5. The van der Waals surface area contributed by atoms with Crippen molar-refractivity contribution >= 4 is 28.6 Å². The molecule has 0 N–H and O–H groups in total. The summed E-state index contributed by atoms with van der Waals surface area (Å²) < 4.78 is 16.4. The Bertz CT molecular complexity index is 1340. The van der Waals surface area contributed by atoms with Crippen molar-refractivity contribution in [2.24, 2.45) is 5.10 Å². The predicted molar refractivity (Wildman–Crippen MR) is 130 cm³/mol. The molecule has 2 aromatic carbocycles. The minimum absolute atomic E-state index is 0.147. The molecule has 0 fully saturated rings. The number of carbonyl (C=O) groups excluding carboxylic acids is 2. The van der Waals surface area contributed by atoms with Crippen molar-refractivity contribution in [2.75, 3.05) is 20.7 Å². The third kappa shape index (κ3) is 4.74. The van der Waals surface area contributed by atoms with Gasteiger partial charge < -0.3 is 13.6 Å². The summed E-state index contributed by atoms with van der Waals surface area (Å²) in [5.41, 5.74) is 2.95. The van der Waals surface area contributed by atoms with E-state index in [1.165, 1.54) is 12.1 Å². The molecule has 1 atom stereocenters. The number of furan rings is 2. The lowest BCUT2D eigenvalue weighted by Crippen LogP contribution is -2.36. The first kappa shape index (κ1) is 22.6. The van der Waals surface area contributed by atoms with Crippen molar-refractivity contribution < 1.29 is 23.2 Å². The zero-order valence-corrected chi connectivity index (χ0v) is 19.5. The monoisotopic (exact) mass is 471 g/mol. The quantitative estimate of drug-likeness (QED) is 0.366. The fourth-order valence-electron chi connectivity index (χ4n) is 4.25. The first-order valence-corrected chi connectivity index (χ1v) is 11.3. The smallest absolute Gasteiger partial charge is 0.337 e. The molecule has 1 amide bonds. The van der Waals surface area contributed by atoms with Crippen LogP contribution < -0.4 is 0 Å². The Morgan fingerprint density at radius 3 is 2.63 bits per heavy atom. The number of benzene rings is 2. The number of fused-ring (bicyclic) bond motifs is 1. The van der Waals surface area contributed by atoms with E-state index in [2.05, 4.69) is 5.10 Å². The standard InChI is InChI=1S/C27H25N3O5/c1-29(16-18-9-11-19(12-10-18)27(32)33-2)17-26(31)30-22(24-8-5-13-34-24)15-21(28-30)25-14-20-6-3-4-7-23(20)35-25/h3-14,22H,15-17H2,1-2H3. The highest BCUT2D eigenvalue weighted by Gasteiger charge is 2.36. The van der Waals surface area contributed by atoms with Gasteiger partial charge in [-0.15, -0.1) is 0 Å². The number of rotatable bonds is 7. The molecule has 0 aliphatic carbocycles. The molecule has 2 aromatic heterocycles. The van der Waals surface area contributed by atoms with Gasteiger partial charge in [0.2, 0.25) is 0 Å². The van der Waals surface area contributed by atoms with E-state index in [9.17, 15) is 9.59 Å². The van der Waals surface area contributed by atoms with Crippen LogP contribution in [0.1, 0.15) is 39.9 Å². The van der Waals surface area contributed by atoms with Gasteiger partial charge in [-0.2, -0.15) is 5.10 Å². The molecule has 5 rings (SSSR count). The number of hydrazone groups is 1. The van der Waals surface area contributed by atoms with E-state index in [0.29, 0.717) is 35.8 Å². The van der Waals surface area contributed by atoms with Crippen LogP contribution in [0.3, 0.4) is 0 Å². The number of esters is 1. The van der Waals surface area contributed by atoms with Gasteiger partial charge in [-0.1, -0.05) is 30.3 Å². The number of hydrogen-bond acceptors (Lipinski definition) is 7. The largest absolute Gasteiger partial charge is 0.467 e. The minimum atomic E-state index is -0.379. The van der Waals surface area contributed by atoms with Crippen LogP contribution in [0.4, 0.5) is 0 Å². The Kier molecular flexibility index (Phi) is 6.20. The lowest BCUT2D eigenvalue weighted by molar-refractivity contribution is -0.134. The maximum Gasteiger partial charge on any atom is 0.337 e. The van der Waals surface area contributed by atoms with E-state index in [1.807, 2.05) is 60.5 Å². The van der Waals surface area contributed by atoms with Crippen molar-refractivity contribution in [1.82, 2.24) is 9.91 Å². The molecule has 1 unspecified atom stereocenters. The van der Waals surface area contributed by atoms with Crippen LogP contribution in [0.5, 0.6) is 0 Å². The number of nitrogens with zero attached hydrogens (tertiary/aromatic N) is 3. The Morgan fingerprint density at radius 1 is 1.11 bits per heavy atom. The molecule has 8 heteroatoms. The van der Waals surface area contributed by atoms with E-state index >= 15 is 0 Å². The number of para-hydroxylation sites is 1. The van der Waals surface area contributed by atoms with E-state index < -0.39 is 0 Å². The van der Waals surface area contributed by atoms with Gasteiger partial charge in [-0.3, -0.25) is 9.69 Å². The number of amides is 1. The molecule has 8 nitrogen and oxygen atoms in total. The number of hydrogen-bond donors (Lipinski definition) is 0. The van der Waals surface area contributed by atoms with Gasteiger partial charge in [0.25, 0.3) is 5.91 Å². The fraction of sp³-hybridized carbons (Fsp3) is 0.222. The second-order valence-corrected chi connectivity index (χ2v) is 8.53. The molecule has 0 bridgehead atoms. The SMILES string of the molecule is COC(=O)c1ccc(CN(C)CC(=O)N2N=C(c3cc4ccccc4o3)CC2c2ccco2)cc1. The lowest BCUT2D eigenvalue weighted by atomic mass is 10.1. The van der Waals surface area contributed by atoms with Gasteiger partial charge in [0.1, 0.15) is 23.1 Å². The first-order chi connectivity index (χ1) is 17.0. The Morgan fingerprint density at radius 2 is 1.91 bits per heavy atom. The summed E-state index contributed by atoms with van der Waals surface area (Å²) in [6.45, 7) is 0.694. The van der Waals surface area contributed by atoms with Crippen LogP contribution in [-0.2, 0) is 16.1 Å². The summed E-state index contributed by atoms with van der Waals surface area (Å²) in [6.07, 6.45) is 2.10. The highest BCUT2D eigenvalue weighted by Crippen LogP contribution is 2.34. The minimum Gasteiger partial charge on any atom is -0.467 e. The summed E-state index contributed by atoms with van der Waals surface area (Å²) in [5.74, 6) is 0.800. The molecule has 0 radical (unpaired) electrons. The van der Waals surface area contributed by atoms with Crippen LogP contribution in [0.15, 0.2) is 86.9 Å². The number of carbonyl (C=O) groups is 2. The number of methoxy groups -OCH3 is 1. The second kappa shape index (κ2) is 9.60. The molecule has 178 valence electrons. The van der Waals surface area contributed by atoms with Crippen molar-refractivity contribution in [2.45, 2.75) is 19.0 Å². The average Bonchev–Trinajstić information content (AvgIpc) is 3.62. The highest BCUT2D eigenvalue weighted by atomic mass is 16.5. The molecule has 3 heterocycles. The van der Waals surface area contributed by atoms with E-state index in [-0.39, 0.29) is 24.5 Å². The molecule has 0 spiro atoms. The van der Waals surface area contributed by atoms with Crippen LogP contribution in [0.2, 0.25) is 0 Å². The number of ether oxygens (including phenoxy) is 1. The van der Waals surface area contributed by atoms with Gasteiger partial charge >= 0.3 is 5.97 Å². The summed E-state index contributed by atoms with van der Waals surface area (Å²) in [4.78, 5) is 26.9. The summed E-state index contributed by atoms with van der Waals surface area (Å²) >= 11 is 0. The normalized spacial score (nSPS) is 15.6. The third-order valence-electron chi connectivity index (χ3n) is 5.98. The molecular weight excluding hydrogens is 446 g/mol. The zero-order chi connectivity index (χ0) is 24.4. The fourth-order valence-corrected chi connectivity index (χ4v) is 4.25. The van der Waals surface area contributed by atoms with E-state index in [0.717, 1.165) is 16.5 Å². The van der Waals surface area contributed by atoms with Gasteiger partial charge in [-0.05, 0) is 49.0 Å². The van der Waals surface area contributed by atoms with Crippen LogP contribution >= 0.6 is 0 Å². The van der Waals surface area contributed by atoms with Crippen LogP contribution in [0, 0.1) is 0 Å². The van der Waals surface area contributed by atoms with Gasteiger partial charge in [0, 0.05) is 18.4 Å². The predicted octanol–water partition coefficient (Wildman–Crippen LogP) is 4.62. The van der Waals surface area contributed by atoms with Crippen molar-refractivity contribution in [3.63, 3.8) is 0 Å². The van der Waals surface area contributed by atoms with Crippen molar-refractivity contribution in [3.8, 4) is 0 Å². The summed E-state index contributed by atoms with van der Waals surface area (Å²) in [7, 11) is 3.22. The van der Waals surface area contributed by atoms with Crippen molar-refractivity contribution in [1.29, 1.82) is 0 Å². The first-order valence-electron chi connectivity index (χ1n) is 11.3. The summed E-state index contributed by atoms with van der Waals surface area (Å²) in [5, 5.41) is 7.15. The molecule has 1 aliphatic heterocycles. The molecule has 0 saturated carbocycles. The topological polar surface area (TPSA) is 88.5 Å². The Balaban J connectivity index is 1.32. The van der Waals surface area contributed by atoms with Gasteiger partial charge in [0.15, 0.2) is 5.76 Å². The molecular formula is C27H25N3O5. The Labute approximate surface area is 202 Å². The Hall–Kier alpha value is -4.17. The maximum absolute atomic E-state index is 13.3. The number of likely N-dealkylation sites (N-methyl/N-ethyl adjacent to an activating group) is 1. The highest BCUT2D eigenvalue weighted by molar-refractivity contribution is 6.03. The molecule has 35 heavy (non-hydrogen) atoms. The second-order valence-electron chi connectivity index (χ2n) is 8.53. The van der Waals surface area contributed by atoms with E-state index in [4.69, 9.17) is 13.6 Å². The van der Waals surface area contributed by atoms with Crippen LogP contribution in [-0.4, -0.2) is 48.2 Å². The average molecular weight is 472 g/mol. The van der Waals surface area contributed by atoms with Crippen molar-refractivity contribution in [3.05, 3.63) is 95.6 Å². The van der Waals surface area contributed by atoms with Crippen LogP contribution in [0.25, 0.3) is 11.0 Å². The molecule has 1 aliphatic rings. The van der Waals surface area contributed by atoms with Gasteiger partial charge in [-0.25, -0.2) is 9.80 Å². The molecule has 0 saturated heterocycles. The summed E-state index contributed by atoms with van der Waals surface area (Å²) in [6, 6.07) is 20.2. The van der Waals surface area contributed by atoms with E-state index in [1.54, 1.807) is 24.5 Å². The molecule has 4 aromatic rings. The van der Waals surface area contributed by atoms with Gasteiger partial charge in [0.05, 0.1) is 25.5 Å².